The van der Waals surface area contributed by atoms with Crippen LogP contribution in [0.1, 0.15) is 126 Å². The molecule has 0 heterocycles. The summed E-state index contributed by atoms with van der Waals surface area (Å²) in [6, 6.07) is 7.06. The van der Waals surface area contributed by atoms with Gasteiger partial charge in [0.15, 0.2) is 0 Å². The zero-order chi connectivity index (χ0) is 29.8. The Labute approximate surface area is 244 Å². The number of aliphatic hydroxyl groups is 1. The number of rotatable bonds is 13. The molecule has 232 valence electrons. The van der Waals surface area contributed by atoms with E-state index in [0.29, 0.717) is 30.1 Å². The van der Waals surface area contributed by atoms with E-state index in [-0.39, 0.29) is 23.9 Å². The minimum absolute atomic E-state index is 0.0664. The third-order valence-corrected chi connectivity index (χ3v) is 11.0. The first kappa shape index (κ1) is 32.5. The average Bonchev–Trinajstić information content (AvgIpc) is 3.20. The van der Waals surface area contributed by atoms with Crippen molar-refractivity contribution in [2.24, 2.45) is 29.1 Å². The molecule has 0 radical (unpaired) electrons. The summed E-state index contributed by atoms with van der Waals surface area (Å²) >= 11 is 0. The van der Waals surface area contributed by atoms with Gasteiger partial charge in [0.1, 0.15) is 0 Å². The van der Waals surface area contributed by atoms with E-state index in [0.717, 1.165) is 70.6 Å². The number of halogens is 5. The van der Waals surface area contributed by atoms with Crippen LogP contribution < -0.4 is 0 Å². The Balaban J connectivity index is 1.18. The predicted molar refractivity (Wildman–Crippen MR) is 156 cm³/mol. The summed E-state index contributed by atoms with van der Waals surface area (Å²) in [5.74, 6) is -1.91. The molecule has 3 aliphatic carbocycles. The van der Waals surface area contributed by atoms with Crippen LogP contribution in [-0.4, -0.2) is 23.3 Å². The fourth-order valence-corrected chi connectivity index (χ4v) is 8.58. The zero-order valence-electron chi connectivity index (χ0n) is 25.3. The van der Waals surface area contributed by atoms with Gasteiger partial charge in [0.05, 0.1) is 6.10 Å². The molecule has 0 saturated heterocycles. The summed E-state index contributed by atoms with van der Waals surface area (Å²) < 4.78 is 63.0. The summed E-state index contributed by atoms with van der Waals surface area (Å²) in [7, 11) is 0. The number of fused-ring (bicyclic) bond motifs is 5. The van der Waals surface area contributed by atoms with Crippen LogP contribution in [0, 0.1) is 36.0 Å². The van der Waals surface area contributed by atoms with Crippen LogP contribution in [-0.2, 0) is 6.42 Å². The van der Waals surface area contributed by atoms with Gasteiger partial charge in [-0.15, -0.1) is 0 Å². The Bertz CT molecular complexity index is 1020. The quantitative estimate of drug-likeness (QED) is 0.139. The van der Waals surface area contributed by atoms with Crippen molar-refractivity contribution in [3.63, 3.8) is 0 Å². The second-order valence-corrected chi connectivity index (χ2v) is 14.0. The molecule has 0 bridgehead atoms. The van der Waals surface area contributed by atoms with Gasteiger partial charge in [-0.1, -0.05) is 81.9 Å². The molecular weight excluding hydrogens is 531 g/mol. The largest absolute Gasteiger partial charge is 0.453 e. The third kappa shape index (κ3) is 7.57. The maximum atomic E-state index is 13.1. The van der Waals surface area contributed by atoms with E-state index in [9.17, 15) is 27.1 Å². The second-order valence-electron chi connectivity index (χ2n) is 14.0. The van der Waals surface area contributed by atoms with Crippen LogP contribution in [0.3, 0.4) is 0 Å². The molecule has 1 aromatic rings. The molecule has 6 heteroatoms. The Morgan fingerprint density at radius 3 is 2.46 bits per heavy atom. The topological polar surface area (TPSA) is 20.2 Å². The Kier molecular flexibility index (Phi) is 10.7. The summed E-state index contributed by atoms with van der Waals surface area (Å²) in [6.07, 6.45) is 11.2. The molecular formula is C35H51F5O. The number of hydrogen-bond acceptors (Lipinski definition) is 1. The molecule has 41 heavy (non-hydrogen) atoms. The molecule has 7 atom stereocenters. The van der Waals surface area contributed by atoms with E-state index >= 15 is 0 Å². The minimum Gasteiger partial charge on any atom is -0.393 e. The minimum atomic E-state index is -5.44. The van der Waals surface area contributed by atoms with Crippen LogP contribution >= 0.6 is 0 Å². The van der Waals surface area contributed by atoms with Gasteiger partial charge in [-0.05, 0) is 111 Å². The van der Waals surface area contributed by atoms with Gasteiger partial charge in [-0.3, -0.25) is 0 Å². The summed E-state index contributed by atoms with van der Waals surface area (Å²) in [5, 5.41) is 10.9. The lowest BCUT2D eigenvalue weighted by Gasteiger charge is -2.53. The van der Waals surface area contributed by atoms with Gasteiger partial charge < -0.3 is 5.11 Å². The van der Waals surface area contributed by atoms with Gasteiger partial charge >= 0.3 is 12.1 Å². The van der Waals surface area contributed by atoms with Crippen LogP contribution in [0.4, 0.5) is 22.0 Å². The number of allylic oxidation sites excluding steroid dienone is 2. The van der Waals surface area contributed by atoms with E-state index in [1.165, 1.54) is 17.5 Å². The Hall–Kier alpha value is -1.43. The standard InChI is InChI=1S/C35H51F5O/c1-24(13-11-20-34(36,37)35(38,39)40)12-9-7-5-4-6-8-10-14-26-23-27-22-25(2)15-16-28(27)29-19-21-33(3)30(32(26)29)17-18-31(33)41/h8,10,15-16,22,24,26,29-32,41H,4-7,9,11-14,17-21,23H2,1-3H3/t24?,26?,29?,30?,31-,32?,33-/m0/s1. The Morgan fingerprint density at radius 1 is 0.976 bits per heavy atom. The van der Waals surface area contributed by atoms with Gasteiger partial charge in [0.25, 0.3) is 0 Å². The van der Waals surface area contributed by atoms with Gasteiger partial charge in [0.2, 0.25) is 0 Å². The van der Waals surface area contributed by atoms with Gasteiger partial charge in [0, 0.05) is 6.42 Å². The number of benzene rings is 1. The second kappa shape index (κ2) is 13.5. The molecule has 5 unspecified atom stereocenters. The molecule has 1 N–H and O–H groups in total. The molecule has 0 amide bonds. The predicted octanol–water partition coefficient (Wildman–Crippen LogP) is 10.7. The molecule has 1 aromatic carbocycles. The van der Waals surface area contributed by atoms with Crippen molar-refractivity contribution < 1.29 is 27.1 Å². The third-order valence-electron chi connectivity index (χ3n) is 11.0. The van der Waals surface area contributed by atoms with Crippen molar-refractivity contribution in [2.45, 2.75) is 141 Å². The molecule has 2 fully saturated rings. The molecule has 4 rings (SSSR count). The SMILES string of the molecule is Cc1ccc2c(c1)CC(CC=CCCCCCCC(C)CCCC(F)(F)C(F)(F)F)C1C2CC[C@@]2(C)C1CC[C@@H]2O. The van der Waals surface area contributed by atoms with E-state index in [1.807, 2.05) is 6.92 Å². The zero-order valence-corrected chi connectivity index (χ0v) is 25.3. The first-order valence-corrected chi connectivity index (χ1v) is 16.2. The van der Waals surface area contributed by atoms with E-state index in [2.05, 4.69) is 44.2 Å². The monoisotopic (exact) mass is 582 g/mol. The van der Waals surface area contributed by atoms with E-state index in [1.54, 1.807) is 5.56 Å². The lowest BCUT2D eigenvalue weighted by atomic mass is 9.52. The molecule has 0 spiro atoms. The first-order chi connectivity index (χ1) is 19.3. The first-order valence-electron chi connectivity index (χ1n) is 16.2. The number of aryl methyl sites for hydroxylation is 1. The molecule has 1 nitrogen and oxygen atoms in total. The van der Waals surface area contributed by atoms with Crippen molar-refractivity contribution in [3.05, 3.63) is 47.0 Å². The highest BCUT2D eigenvalue weighted by molar-refractivity contribution is 5.38. The average molecular weight is 583 g/mol. The summed E-state index contributed by atoms with van der Waals surface area (Å²) in [4.78, 5) is 0. The smallest absolute Gasteiger partial charge is 0.393 e. The van der Waals surface area contributed by atoms with Crippen molar-refractivity contribution in [1.29, 1.82) is 0 Å². The number of hydrogen-bond donors (Lipinski definition) is 1. The van der Waals surface area contributed by atoms with Gasteiger partial charge in [-0.2, -0.15) is 22.0 Å². The van der Waals surface area contributed by atoms with E-state index in [4.69, 9.17) is 0 Å². The van der Waals surface area contributed by atoms with Crippen LogP contribution in [0.25, 0.3) is 0 Å². The highest BCUT2D eigenvalue weighted by Gasteiger charge is 2.57. The normalized spacial score (nSPS) is 30.7. The summed E-state index contributed by atoms with van der Waals surface area (Å²) in [6.45, 7) is 6.48. The van der Waals surface area contributed by atoms with Crippen LogP contribution in [0.15, 0.2) is 30.4 Å². The number of aliphatic hydroxyl groups excluding tert-OH is 1. The lowest BCUT2D eigenvalue weighted by Crippen LogP contribution is -2.47. The maximum Gasteiger partial charge on any atom is 0.453 e. The van der Waals surface area contributed by atoms with E-state index < -0.39 is 18.5 Å². The van der Waals surface area contributed by atoms with Crippen molar-refractivity contribution in [1.82, 2.24) is 0 Å². The fraction of sp³-hybridized carbons (Fsp3) is 0.771. The lowest BCUT2D eigenvalue weighted by molar-refractivity contribution is -0.284. The molecule has 0 aliphatic heterocycles. The Morgan fingerprint density at radius 2 is 1.71 bits per heavy atom. The molecule has 2 saturated carbocycles. The number of alkyl halides is 5. The maximum absolute atomic E-state index is 13.1. The molecule has 0 aromatic heterocycles. The highest BCUT2D eigenvalue weighted by atomic mass is 19.4. The van der Waals surface area contributed by atoms with Crippen LogP contribution in [0.5, 0.6) is 0 Å². The fourth-order valence-electron chi connectivity index (χ4n) is 8.58. The van der Waals surface area contributed by atoms with Crippen molar-refractivity contribution >= 4 is 0 Å². The van der Waals surface area contributed by atoms with Gasteiger partial charge in [-0.25, -0.2) is 0 Å². The molecule has 3 aliphatic rings. The summed E-state index contributed by atoms with van der Waals surface area (Å²) in [5.41, 5.74) is 4.51. The highest BCUT2D eigenvalue weighted by Crippen LogP contribution is 2.62. The van der Waals surface area contributed by atoms with Crippen molar-refractivity contribution in [3.8, 4) is 0 Å². The van der Waals surface area contributed by atoms with Crippen molar-refractivity contribution in [2.75, 3.05) is 0 Å². The van der Waals surface area contributed by atoms with Crippen LogP contribution in [0.2, 0.25) is 0 Å². The number of unbranched alkanes of at least 4 members (excludes halogenated alkanes) is 4.